The Hall–Kier alpha value is -2.73. The highest BCUT2D eigenvalue weighted by molar-refractivity contribution is 6.30. The van der Waals surface area contributed by atoms with Crippen LogP contribution in [0.3, 0.4) is 0 Å². The van der Waals surface area contributed by atoms with Crippen molar-refractivity contribution in [3.05, 3.63) is 58.6 Å². The van der Waals surface area contributed by atoms with Gasteiger partial charge in [-0.15, -0.1) is 0 Å². The van der Waals surface area contributed by atoms with Gasteiger partial charge in [0.05, 0.1) is 14.2 Å². The summed E-state index contributed by atoms with van der Waals surface area (Å²) < 4.78 is 10.4. The third kappa shape index (κ3) is 5.69. The maximum absolute atomic E-state index is 11.9. The number of carbonyl (C=O) groups is 2. The Morgan fingerprint density at radius 3 is 2.12 bits per heavy atom. The number of hydrogen-bond donors (Lipinski definition) is 2. The normalized spacial score (nSPS) is 10.0. The molecule has 0 heterocycles. The molecule has 0 aliphatic heterocycles. The standard InChI is InChI=1S/C18H19ClN2O4/c1-24-15-9-12(10-16(11-15)25-2)3-8-17(22)20-21-18(23)13-4-6-14(19)7-5-13/h4-7,9-11H,3,8H2,1-2H3,(H,20,22)(H,21,23). The molecule has 0 spiro atoms. The molecule has 6 nitrogen and oxygen atoms in total. The number of amides is 2. The molecule has 0 aromatic heterocycles. The molecule has 2 aromatic rings. The molecule has 0 unspecified atom stereocenters. The minimum atomic E-state index is -0.409. The highest BCUT2D eigenvalue weighted by atomic mass is 35.5. The van der Waals surface area contributed by atoms with Gasteiger partial charge in [0.15, 0.2) is 0 Å². The Kier molecular flexibility index (Phi) is 6.65. The van der Waals surface area contributed by atoms with E-state index in [1.807, 2.05) is 12.1 Å². The van der Waals surface area contributed by atoms with Crippen molar-refractivity contribution in [1.29, 1.82) is 0 Å². The maximum atomic E-state index is 11.9. The highest BCUT2D eigenvalue weighted by Gasteiger charge is 2.09. The fourth-order valence-corrected chi connectivity index (χ4v) is 2.26. The van der Waals surface area contributed by atoms with Crippen LogP contribution >= 0.6 is 11.6 Å². The summed E-state index contributed by atoms with van der Waals surface area (Å²) in [7, 11) is 3.13. The van der Waals surface area contributed by atoms with Crippen LogP contribution in [0.15, 0.2) is 42.5 Å². The Balaban J connectivity index is 1.84. The fourth-order valence-electron chi connectivity index (χ4n) is 2.13. The summed E-state index contributed by atoms with van der Waals surface area (Å²) in [5, 5.41) is 0.536. The number of hydrazine groups is 1. The topological polar surface area (TPSA) is 76.7 Å². The van der Waals surface area contributed by atoms with E-state index in [1.54, 1.807) is 44.6 Å². The molecule has 0 bridgehead atoms. The third-order valence-corrected chi connectivity index (χ3v) is 3.73. The lowest BCUT2D eigenvalue weighted by Crippen LogP contribution is -2.41. The van der Waals surface area contributed by atoms with Crippen LogP contribution in [0.4, 0.5) is 0 Å². The van der Waals surface area contributed by atoms with E-state index in [-0.39, 0.29) is 12.3 Å². The molecule has 2 rings (SSSR count). The maximum Gasteiger partial charge on any atom is 0.269 e. The lowest BCUT2D eigenvalue weighted by atomic mass is 10.1. The van der Waals surface area contributed by atoms with E-state index in [9.17, 15) is 9.59 Å². The number of halogens is 1. The van der Waals surface area contributed by atoms with Crippen molar-refractivity contribution in [3.8, 4) is 11.5 Å². The molecule has 0 saturated heterocycles. The van der Waals surface area contributed by atoms with Crippen LogP contribution in [0.25, 0.3) is 0 Å². The molecule has 7 heteroatoms. The van der Waals surface area contributed by atoms with Gasteiger partial charge in [0, 0.05) is 23.1 Å². The number of benzene rings is 2. The van der Waals surface area contributed by atoms with Gasteiger partial charge in [-0.25, -0.2) is 0 Å². The van der Waals surface area contributed by atoms with Crippen molar-refractivity contribution in [2.45, 2.75) is 12.8 Å². The van der Waals surface area contributed by atoms with Gasteiger partial charge in [-0.3, -0.25) is 20.4 Å². The number of aryl methyl sites for hydroxylation is 1. The molecule has 2 amide bonds. The molecule has 0 atom stereocenters. The highest BCUT2D eigenvalue weighted by Crippen LogP contribution is 2.23. The van der Waals surface area contributed by atoms with Gasteiger partial charge in [0.25, 0.3) is 5.91 Å². The average Bonchev–Trinajstić information content (AvgIpc) is 2.64. The smallest absolute Gasteiger partial charge is 0.269 e. The van der Waals surface area contributed by atoms with E-state index < -0.39 is 5.91 Å². The number of ether oxygens (including phenoxy) is 2. The molecule has 0 saturated carbocycles. The van der Waals surface area contributed by atoms with Gasteiger partial charge in [-0.2, -0.15) is 0 Å². The van der Waals surface area contributed by atoms with Gasteiger partial charge >= 0.3 is 0 Å². The van der Waals surface area contributed by atoms with Gasteiger partial charge in [0.1, 0.15) is 11.5 Å². The molecular formula is C18H19ClN2O4. The molecule has 2 N–H and O–H groups in total. The fraction of sp³-hybridized carbons (Fsp3) is 0.222. The summed E-state index contributed by atoms with van der Waals surface area (Å²) in [6.45, 7) is 0. The Morgan fingerprint density at radius 2 is 1.56 bits per heavy atom. The molecule has 132 valence electrons. The van der Waals surface area contributed by atoms with Crippen molar-refractivity contribution in [3.63, 3.8) is 0 Å². The summed E-state index contributed by atoms with van der Waals surface area (Å²) in [5.74, 6) is 0.605. The van der Waals surface area contributed by atoms with E-state index in [4.69, 9.17) is 21.1 Å². The first-order valence-electron chi connectivity index (χ1n) is 7.58. The minimum absolute atomic E-state index is 0.206. The van der Waals surface area contributed by atoms with Crippen molar-refractivity contribution in [1.82, 2.24) is 10.9 Å². The molecular weight excluding hydrogens is 344 g/mol. The monoisotopic (exact) mass is 362 g/mol. The van der Waals surface area contributed by atoms with Crippen LogP contribution in [0.2, 0.25) is 5.02 Å². The van der Waals surface area contributed by atoms with Crippen LogP contribution in [0.1, 0.15) is 22.3 Å². The molecule has 0 fully saturated rings. The second kappa shape index (κ2) is 8.94. The summed E-state index contributed by atoms with van der Waals surface area (Å²) in [6.07, 6.45) is 0.688. The SMILES string of the molecule is COc1cc(CCC(=O)NNC(=O)c2ccc(Cl)cc2)cc(OC)c1. The summed E-state index contributed by atoms with van der Waals surface area (Å²) >= 11 is 5.77. The lowest BCUT2D eigenvalue weighted by Gasteiger charge is -2.09. The summed E-state index contributed by atoms with van der Waals surface area (Å²) in [5.41, 5.74) is 6.06. The Bertz CT molecular complexity index is 725. The summed E-state index contributed by atoms with van der Waals surface area (Å²) in [6, 6.07) is 11.8. The van der Waals surface area contributed by atoms with Gasteiger partial charge in [-0.1, -0.05) is 11.6 Å². The van der Waals surface area contributed by atoms with Crippen molar-refractivity contribution < 1.29 is 19.1 Å². The largest absolute Gasteiger partial charge is 0.497 e. The second-order valence-corrected chi connectivity index (χ2v) is 5.67. The van der Waals surface area contributed by atoms with Gasteiger partial charge in [-0.05, 0) is 48.4 Å². The zero-order valence-corrected chi connectivity index (χ0v) is 14.7. The molecule has 0 aliphatic carbocycles. The van der Waals surface area contributed by atoms with Crippen LogP contribution in [-0.2, 0) is 11.2 Å². The zero-order chi connectivity index (χ0) is 18.2. The molecule has 2 aromatic carbocycles. The van der Waals surface area contributed by atoms with E-state index in [2.05, 4.69) is 10.9 Å². The van der Waals surface area contributed by atoms with Gasteiger partial charge in [0.2, 0.25) is 5.91 Å². The van der Waals surface area contributed by atoms with E-state index in [0.717, 1.165) is 5.56 Å². The lowest BCUT2D eigenvalue weighted by molar-refractivity contribution is -0.121. The number of nitrogens with one attached hydrogen (secondary N) is 2. The first-order valence-corrected chi connectivity index (χ1v) is 7.96. The third-order valence-electron chi connectivity index (χ3n) is 3.47. The number of rotatable bonds is 6. The second-order valence-electron chi connectivity index (χ2n) is 5.23. The van der Waals surface area contributed by atoms with Crippen LogP contribution in [-0.4, -0.2) is 26.0 Å². The molecule has 0 aliphatic rings. The quantitative estimate of drug-likeness (QED) is 0.775. The average molecular weight is 363 g/mol. The molecule has 25 heavy (non-hydrogen) atoms. The number of hydrogen-bond acceptors (Lipinski definition) is 4. The zero-order valence-electron chi connectivity index (χ0n) is 14.0. The predicted octanol–water partition coefficient (Wildman–Crippen LogP) is 2.75. The van der Waals surface area contributed by atoms with Crippen molar-refractivity contribution >= 4 is 23.4 Å². The van der Waals surface area contributed by atoms with E-state index >= 15 is 0 Å². The van der Waals surface area contributed by atoms with Gasteiger partial charge < -0.3 is 9.47 Å². The number of methoxy groups -OCH3 is 2. The van der Waals surface area contributed by atoms with E-state index in [0.29, 0.717) is 28.5 Å². The van der Waals surface area contributed by atoms with Crippen molar-refractivity contribution in [2.24, 2.45) is 0 Å². The Labute approximate surface area is 151 Å². The van der Waals surface area contributed by atoms with Crippen LogP contribution in [0.5, 0.6) is 11.5 Å². The first-order chi connectivity index (χ1) is 12.0. The molecule has 0 radical (unpaired) electrons. The predicted molar refractivity (Wildman–Crippen MR) is 94.9 cm³/mol. The van der Waals surface area contributed by atoms with E-state index in [1.165, 1.54) is 0 Å². The van der Waals surface area contributed by atoms with Crippen LogP contribution in [0, 0.1) is 0 Å². The van der Waals surface area contributed by atoms with Crippen LogP contribution < -0.4 is 20.3 Å². The van der Waals surface area contributed by atoms with Crippen molar-refractivity contribution in [2.75, 3.05) is 14.2 Å². The number of carbonyl (C=O) groups excluding carboxylic acids is 2. The Morgan fingerprint density at radius 1 is 0.960 bits per heavy atom. The minimum Gasteiger partial charge on any atom is -0.497 e. The first kappa shape index (κ1) is 18.6. The summed E-state index contributed by atoms with van der Waals surface area (Å²) in [4.78, 5) is 23.8.